The molecule has 0 aliphatic heterocycles. The summed E-state index contributed by atoms with van der Waals surface area (Å²) >= 11 is 1.19. The number of benzene rings is 1. The van der Waals surface area contributed by atoms with E-state index in [1.807, 2.05) is 0 Å². The standard InChI is InChI=1S/C12H11N3O3S/c1-18-8-2-4-9(5-3-8)19-12-10(15(16)17)6-7-11(13)14-12/h2-7H,1H3,(H2,13,14). The highest BCUT2D eigenvalue weighted by atomic mass is 32.2. The van der Waals surface area contributed by atoms with Crippen LogP contribution in [0.25, 0.3) is 0 Å². The number of nitrogen functional groups attached to an aromatic ring is 1. The quantitative estimate of drug-likeness (QED) is 0.682. The zero-order chi connectivity index (χ0) is 13.8. The molecule has 0 unspecified atom stereocenters. The number of methoxy groups -OCH3 is 1. The van der Waals surface area contributed by atoms with Crippen molar-refractivity contribution < 1.29 is 9.66 Å². The molecule has 0 aliphatic rings. The first kappa shape index (κ1) is 13.2. The molecule has 6 nitrogen and oxygen atoms in total. The Morgan fingerprint density at radius 3 is 2.53 bits per heavy atom. The van der Waals surface area contributed by atoms with Gasteiger partial charge in [-0.2, -0.15) is 0 Å². The molecule has 1 aromatic heterocycles. The summed E-state index contributed by atoms with van der Waals surface area (Å²) in [4.78, 5) is 15.3. The van der Waals surface area contributed by atoms with Crippen LogP contribution < -0.4 is 10.5 Å². The van der Waals surface area contributed by atoms with Crippen molar-refractivity contribution in [2.24, 2.45) is 0 Å². The maximum Gasteiger partial charge on any atom is 0.301 e. The van der Waals surface area contributed by atoms with Crippen molar-refractivity contribution in [3.05, 3.63) is 46.5 Å². The first-order valence-electron chi connectivity index (χ1n) is 5.33. The number of ether oxygens (including phenoxy) is 1. The topological polar surface area (TPSA) is 91.3 Å². The normalized spacial score (nSPS) is 10.2. The fraction of sp³-hybridized carbons (Fsp3) is 0.0833. The monoisotopic (exact) mass is 277 g/mol. The van der Waals surface area contributed by atoms with Crippen LogP contribution in [0.15, 0.2) is 46.3 Å². The first-order valence-corrected chi connectivity index (χ1v) is 6.14. The Balaban J connectivity index is 2.31. The van der Waals surface area contributed by atoms with E-state index in [0.717, 1.165) is 10.6 Å². The maximum absolute atomic E-state index is 10.9. The van der Waals surface area contributed by atoms with Crippen molar-refractivity contribution in [1.29, 1.82) is 0 Å². The van der Waals surface area contributed by atoms with Gasteiger partial charge >= 0.3 is 5.69 Å². The lowest BCUT2D eigenvalue weighted by Crippen LogP contribution is -1.97. The third-order valence-corrected chi connectivity index (χ3v) is 3.33. The van der Waals surface area contributed by atoms with Gasteiger partial charge in [0, 0.05) is 11.0 Å². The molecule has 98 valence electrons. The molecule has 19 heavy (non-hydrogen) atoms. The molecule has 2 N–H and O–H groups in total. The number of pyridine rings is 1. The van der Waals surface area contributed by atoms with E-state index in [-0.39, 0.29) is 16.5 Å². The molecule has 1 heterocycles. The van der Waals surface area contributed by atoms with E-state index in [1.165, 1.54) is 23.9 Å². The predicted octanol–water partition coefficient (Wildman–Crippen LogP) is 2.73. The average molecular weight is 277 g/mol. The summed E-state index contributed by atoms with van der Waals surface area (Å²) < 4.78 is 5.05. The molecule has 2 aromatic rings. The number of rotatable bonds is 4. The Labute approximate surface area is 113 Å². The fourth-order valence-electron chi connectivity index (χ4n) is 1.42. The van der Waals surface area contributed by atoms with E-state index in [4.69, 9.17) is 10.5 Å². The Bertz CT molecular complexity index is 602. The molecule has 1 aromatic carbocycles. The highest BCUT2D eigenvalue weighted by molar-refractivity contribution is 7.99. The van der Waals surface area contributed by atoms with Gasteiger partial charge in [0.2, 0.25) is 0 Å². The molecule has 0 aliphatic carbocycles. The second-order valence-corrected chi connectivity index (χ2v) is 4.66. The van der Waals surface area contributed by atoms with Gasteiger partial charge in [0.25, 0.3) is 0 Å². The van der Waals surface area contributed by atoms with Gasteiger partial charge in [0.05, 0.1) is 12.0 Å². The molecule has 7 heteroatoms. The number of aromatic nitrogens is 1. The fourth-order valence-corrected chi connectivity index (χ4v) is 2.31. The zero-order valence-corrected chi connectivity index (χ0v) is 10.9. The van der Waals surface area contributed by atoms with Gasteiger partial charge in [-0.25, -0.2) is 4.98 Å². The molecular formula is C12H11N3O3S. The number of nitrogens with two attached hydrogens (primary N) is 1. The van der Waals surface area contributed by atoms with Crippen LogP contribution in [-0.2, 0) is 0 Å². The van der Waals surface area contributed by atoms with Crippen LogP contribution in [0.2, 0.25) is 0 Å². The van der Waals surface area contributed by atoms with Crippen molar-refractivity contribution in [2.45, 2.75) is 9.92 Å². The third-order valence-electron chi connectivity index (χ3n) is 2.33. The van der Waals surface area contributed by atoms with Crippen LogP contribution in [-0.4, -0.2) is 17.0 Å². The summed E-state index contributed by atoms with van der Waals surface area (Å²) in [5.74, 6) is 0.973. The van der Waals surface area contributed by atoms with Crippen molar-refractivity contribution in [3.63, 3.8) is 0 Å². The third kappa shape index (κ3) is 3.14. The van der Waals surface area contributed by atoms with Crippen LogP contribution in [0, 0.1) is 10.1 Å². The summed E-state index contributed by atoms with van der Waals surface area (Å²) in [5.41, 5.74) is 5.50. The van der Waals surface area contributed by atoms with Gasteiger partial charge in [-0.3, -0.25) is 10.1 Å². The lowest BCUT2D eigenvalue weighted by Gasteiger charge is -2.04. The molecule has 0 spiro atoms. The van der Waals surface area contributed by atoms with Crippen molar-refractivity contribution in [1.82, 2.24) is 4.98 Å². The van der Waals surface area contributed by atoms with Gasteiger partial charge in [-0.1, -0.05) is 11.8 Å². The van der Waals surface area contributed by atoms with Crippen LogP contribution in [0.1, 0.15) is 0 Å². The van der Waals surface area contributed by atoms with Gasteiger partial charge in [0.15, 0.2) is 5.03 Å². The number of hydrogen-bond donors (Lipinski definition) is 1. The number of anilines is 1. The van der Waals surface area contributed by atoms with Crippen molar-refractivity contribution in [3.8, 4) is 5.75 Å². The molecule has 0 amide bonds. The Morgan fingerprint density at radius 2 is 1.95 bits per heavy atom. The lowest BCUT2D eigenvalue weighted by atomic mass is 10.3. The minimum atomic E-state index is -0.474. The molecule has 0 saturated carbocycles. The second kappa shape index (κ2) is 5.57. The first-order chi connectivity index (χ1) is 9.10. The van der Waals surface area contributed by atoms with Crippen molar-refractivity contribution in [2.75, 3.05) is 12.8 Å². The predicted molar refractivity (Wildman–Crippen MR) is 72.4 cm³/mol. The Morgan fingerprint density at radius 1 is 1.26 bits per heavy atom. The van der Waals surface area contributed by atoms with E-state index in [0.29, 0.717) is 0 Å². The van der Waals surface area contributed by atoms with E-state index in [2.05, 4.69) is 4.98 Å². The molecule has 0 bridgehead atoms. The van der Waals surface area contributed by atoms with Crippen LogP contribution in [0.5, 0.6) is 5.75 Å². The van der Waals surface area contributed by atoms with Gasteiger partial charge in [-0.05, 0) is 30.3 Å². The minimum Gasteiger partial charge on any atom is -0.497 e. The summed E-state index contributed by atoms with van der Waals surface area (Å²) in [5, 5.41) is 11.2. The molecule has 0 radical (unpaired) electrons. The summed E-state index contributed by atoms with van der Waals surface area (Å²) in [7, 11) is 1.58. The van der Waals surface area contributed by atoms with Gasteiger partial charge < -0.3 is 10.5 Å². The molecule has 0 fully saturated rings. The van der Waals surface area contributed by atoms with Gasteiger partial charge in [-0.15, -0.1) is 0 Å². The average Bonchev–Trinajstić information content (AvgIpc) is 2.39. The molecule has 0 saturated heterocycles. The highest BCUT2D eigenvalue weighted by Gasteiger charge is 2.16. The lowest BCUT2D eigenvalue weighted by molar-refractivity contribution is -0.388. The number of hydrogen-bond acceptors (Lipinski definition) is 6. The van der Waals surface area contributed by atoms with E-state index >= 15 is 0 Å². The van der Waals surface area contributed by atoms with Crippen LogP contribution >= 0.6 is 11.8 Å². The van der Waals surface area contributed by atoms with E-state index in [1.54, 1.807) is 31.4 Å². The smallest absolute Gasteiger partial charge is 0.301 e. The zero-order valence-electron chi connectivity index (χ0n) is 10.1. The SMILES string of the molecule is COc1ccc(Sc2nc(N)ccc2[N+](=O)[O-])cc1. The Kier molecular flexibility index (Phi) is 3.86. The van der Waals surface area contributed by atoms with Crippen LogP contribution in [0.4, 0.5) is 11.5 Å². The summed E-state index contributed by atoms with van der Waals surface area (Å²) in [6.45, 7) is 0. The van der Waals surface area contributed by atoms with E-state index in [9.17, 15) is 10.1 Å². The summed E-state index contributed by atoms with van der Waals surface area (Å²) in [6, 6.07) is 9.93. The van der Waals surface area contributed by atoms with Crippen LogP contribution in [0.3, 0.4) is 0 Å². The van der Waals surface area contributed by atoms with E-state index < -0.39 is 4.92 Å². The largest absolute Gasteiger partial charge is 0.497 e. The van der Waals surface area contributed by atoms with Gasteiger partial charge in [0.1, 0.15) is 11.6 Å². The summed E-state index contributed by atoms with van der Waals surface area (Å²) in [6.07, 6.45) is 0. The highest BCUT2D eigenvalue weighted by Crippen LogP contribution is 2.34. The molecular weight excluding hydrogens is 266 g/mol. The Hall–Kier alpha value is -2.28. The second-order valence-electron chi connectivity index (χ2n) is 3.60. The number of nitro groups is 1. The van der Waals surface area contributed by atoms with Crippen molar-refractivity contribution >= 4 is 23.3 Å². The number of nitrogens with zero attached hydrogens (tertiary/aromatic N) is 2. The molecule has 0 atom stereocenters. The minimum absolute atomic E-state index is 0.0602. The maximum atomic E-state index is 10.9. The molecule has 2 rings (SSSR count).